The Hall–Kier alpha value is -2.44. The molecule has 1 fully saturated rings. The number of ether oxygens (including phenoxy) is 1. The Morgan fingerprint density at radius 3 is 2.10 bits per heavy atom. The number of imidazole rings is 1. The number of aliphatic hydroxyl groups is 2. The lowest BCUT2D eigenvalue weighted by Gasteiger charge is -2.30. The van der Waals surface area contributed by atoms with E-state index in [0.29, 0.717) is 12.2 Å². The van der Waals surface area contributed by atoms with Crippen molar-refractivity contribution in [3.63, 3.8) is 0 Å². The van der Waals surface area contributed by atoms with Gasteiger partial charge in [-0.25, -0.2) is 28.6 Å². The molecule has 0 saturated carbocycles. The predicted molar refractivity (Wildman–Crippen MR) is 251 cm³/mol. The summed E-state index contributed by atoms with van der Waals surface area (Å²) in [5, 5.41) is 26.7. The molecule has 2 amide bonds. The molecule has 0 spiro atoms. The second-order valence-corrected chi connectivity index (χ2v) is 23.0. The summed E-state index contributed by atoms with van der Waals surface area (Å²) in [6, 6.07) is 0. The lowest BCUT2D eigenvalue weighted by molar-refractivity contribution is -0.137. The van der Waals surface area contributed by atoms with Crippen LogP contribution in [0.5, 0.6) is 0 Å². The van der Waals surface area contributed by atoms with Crippen LogP contribution in [0.25, 0.3) is 11.2 Å². The fourth-order valence-corrected chi connectivity index (χ4v) is 10.7. The number of nitrogens with one attached hydrogen (secondary N) is 2. The smallest absolute Gasteiger partial charge is 0.386 e. The van der Waals surface area contributed by atoms with Crippen molar-refractivity contribution in [2.75, 3.05) is 37.8 Å². The summed E-state index contributed by atoms with van der Waals surface area (Å²) >= 11 is 1.16. The van der Waals surface area contributed by atoms with E-state index in [4.69, 9.17) is 19.5 Å². The van der Waals surface area contributed by atoms with Crippen molar-refractivity contribution in [2.45, 2.75) is 161 Å². The molecule has 3 rings (SSSR count). The van der Waals surface area contributed by atoms with E-state index in [1.165, 1.54) is 84.5 Å². The number of amides is 2. The molecule has 10 N–H and O–H groups in total. The number of hydrogen-bond acceptors (Lipinski definition) is 18. The monoisotopic (exact) mass is 1050 g/mol. The Morgan fingerprint density at radius 2 is 1.49 bits per heavy atom. The van der Waals surface area contributed by atoms with E-state index in [9.17, 15) is 57.9 Å². The number of carbonyl (C=O) groups excluding carboxylic acids is 3. The number of carbonyl (C=O) groups is 3. The van der Waals surface area contributed by atoms with Crippen molar-refractivity contribution in [3.05, 3.63) is 12.7 Å². The molecule has 3 heterocycles. The van der Waals surface area contributed by atoms with Crippen molar-refractivity contribution >= 4 is 69.1 Å². The minimum Gasteiger partial charge on any atom is -0.386 e. The number of fused-ring (bicyclic) bond motifs is 1. The highest BCUT2D eigenvalue weighted by atomic mass is 32.2. The van der Waals surface area contributed by atoms with Crippen LogP contribution in [0, 0.1) is 11.3 Å². The van der Waals surface area contributed by atoms with Crippen LogP contribution in [-0.2, 0) is 50.7 Å². The van der Waals surface area contributed by atoms with Gasteiger partial charge in [0.15, 0.2) is 22.8 Å². The summed E-state index contributed by atoms with van der Waals surface area (Å²) in [6.07, 6.45) is 10.9. The largest absolute Gasteiger partial charge is 0.481 e. The number of phosphoric ester groups is 3. The number of phosphoric acid groups is 3. The molecule has 3 unspecified atom stereocenters. The van der Waals surface area contributed by atoms with E-state index in [1.54, 1.807) is 0 Å². The number of rotatable bonds is 35. The number of nitrogens with two attached hydrogens (primary N) is 1. The predicted octanol–water partition coefficient (Wildman–Crippen LogP) is 5.17. The van der Waals surface area contributed by atoms with Gasteiger partial charge in [-0.3, -0.25) is 32.5 Å². The zero-order valence-corrected chi connectivity index (χ0v) is 42.8. The minimum atomic E-state index is -5.57. The fourth-order valence-electron chi connectivity index (χ4n) is 7.10. The highest BCUT2D eigenvalue weighted by molar-refractivity contribution is 8.13. The molecule has 0 radical (unpaired) electrons. The Bertz CT molecular complexity index is 2030. The second-order valence-electron chi connectivity index (χ2n) is 17.6. The van der Waals surface area contributed by atoms with Gasteiger partial charge in [0.05, 0.1) is 19.5 Å². The molecular formula is C40H72N7O17P3S. The van der Waals surface area contributed by atoms with Gasteiger partial charge in [0.25, 0.3) is 0 Å². The molecule has 2 aromatic rings. The molecular weight excluding hydrogens is 975 g/mol. The van der Waals surface area contributed by atoms with Gasteiger partial charge in [-0.1, -0.05) is 123 Å². The molecule has 0 aliphatic carbocycles. The Morgan fingerprint density at radius 1 is 0.882 bits per heavy atom. The maximum Gasteiger partial charge on any atom is 0.481 e. The van der Waals surface area contributed by atoms with Crippen LogP contribution in [0.3, 0.4) is 0 Å². The van der Waals surface area contributed by atoms with Gasteiger partial charge >= 0.3 is 23.5 Å². The van der Waals surface area contributed by atoms with E-state index in [1.807, 2.05) is 0 Å². The normalized spacial score (nSPS) is 20.4. The summed E-state index contributed by atoms with van der Waals surface area (Å²) in [4.78, 5) is 88.4. The molecule has 8 atom stereocenters. The van der Waals surface area contributed by atoms with Crippen LogP contribution in [0.4, 0.5) is 5.82 Å². The quantitative estimate of drug-likeness (QED) is 0.0317. The van der Waals surface area contributed by atoms with Gasteiger partial charge in [0.2, 0.25) is 11.8 Å². The zero-order valence-electron chi connectivity index (χ0n) is 39.3. The van der Waals surface area contributed by atoms with E-state index < -0.39 is 84.6 Å². The summed E-state index contributed by atoms with van der Waals surface area (Å²) in [6.45, 7) is 5.17. The average Bonchev–Trinajstić information content (AvgIpc) is 3.83. The van der Waals surface area contributed by atoms with E-state index in [2.05, 4.69) is 48.3 Å². The van der Waals surface area contributed by atoms with Crippen molar-refractivity contribution in [1.82, 2.24) is 30.2 Å². The summed E-state index contributed by atoms with van der Waals surface area (Å²) in [5.41, 5.74) is 4.29. The number of nitrogen functional groups attached to an aromatic ring is 1. The van der Waals surface area contributed by atoms with Gasteiger partial charge in [-0.05, 0) is 12.3 Å². The summed E-state index contributed by atoms with van der Waals surface area (Å²) in [5.74, 6) is -0.171. The van der Waals surface area contributed by atoms with Crippen LogP contribution < -0.4 is 16.4 Å². The van der Waals surface area contributed by atoms with Crippen LogP contribution in [0.1, 0.15) is 137 Å². The summed E-state index contributed by atoms with van der Waals surface area (Å²) in [7, 11) is -16.4. The molecule has 2 aromatic heterocycles. The molecule has 0 bridgehead atoms. The third-order valence-electron chi connectivity index (χ3n) is 11.3. The molecule has 68 heavy (non-hydrogen) atoms. The van der Waals surface area contributed by atoms with Crippen LogP contribution >= 0.6 is 35.2 Å². The molecule has 24 nitrogen and oxygen atoms in total. The van der Waals surface area contributed by atoms with Crippen LogP contribution in [-0.4, -0.2) is 123 Å². The molecule has 1 saturated heterocycles. The van der Waals surface area contributed by atoms with E-state index in [-0.39, 0.29) is 41.6 Å². The lowest BCUT2D eigenvalue weighted by Crippen LogP contribution is -2.46. The first-order valence-corrected chi connectivity index (χ1v) is 28.5. The van der Waals surface area contributed by atoms with Gasteiger partial charge in [-0.15, -0.1) is 0 Å². The number of aromatic nitrogens is 4. The van der Waals surface area contributed by atoms with Gasteiger partial charge in [-0.2, -0.15) is 4.31 Å². The average molecular weight is 1050 g/mol. The number of unbranched alkanes of at least 4 members (excludes halogenated alkanes) is 11. The maximum absolute atomic E-state index is 12.7. The van der Waals surface area contributed by atoms with Crippen molar-refractivity contribution in [3.8, 4) is 0 Å². The SMILES string of the molecule is CCC(C)CCCCCCCCCCCCCCC(=O)SCCNC(=O)CCNC(=O)[C@H](O)C(C)(C)COP(=O)(O)OP(=O)(O)OC[C@H]1O[C@@H](n2cnc3c(N)ncnc32)[C@H](O)[C@@H]1OP(=O)(O)O. The number of thioether (sulfide) groups is 1. The van der Waals surface area contributed by atoms with Crippen molar-refractivity contribution in [1.29, 1.82) is 0 Å². The molecule has 1 aliphatic rings. The van der Waals surface area contributed by atoms with Gasteiger partial charge in [0.1, 0.15) is 36.3 Å². The van der Waals surface area contributed by atoms with Crippen molar-refractivity contribution in [2.24, 2.45) is 11.3 Å². The third-order valence-corrected chi connectivity index (χ3v) is 15.3. The van der Waals surface area contributed by atoms with Crippen molar-refractivity contribution < 1.29 is 80.5 Å². The zero-order chi connectivity index (χ0) is 50.5. The molecule has 0 aromatic carbocycles. The van der Waals surface area contributed by atoms with E-state index in [0.717, 1.165) is 54.2 Å². The number of anilines is 1. The number of hydrogen-bond donors (Lipinski definition) is 9. The van der Waals surface area contributed by atoms with Gasteiger partial charge < -0.3 is 50.9 Å². The highest BCUT2D eigenvalue weighted by Gasteiger charge is 2.50. The fraction of sp³-hybridized carbons (Fsp3) is 0.800. The third kappa shape index (κ3) is 21.9. The number of nitrogens with zero attached hydrogens (tertiary/aromatic N) is 4. The van der Waals surface area contributed by atoms with E-state index >= 15 is 0 Å². The lowest BCUT2D eigenvalue weighted by atomic mass is 9.87. The number of aliphatic hydroxyl groups excluding tert-OH is 2. The first kappa shape index (κ1) is 59.9. The highest BCUT2D eigenvalue weighted by Crippen LogP contribution is 2.61. The maximum atomic E-state index is 12.7. The Kier molecular flexibility index (Phi) is 25.7. The van der Waals surface area contributed by atoms with Crippen LogP contribution in [0.15, 0.2) is 12.7 Å². The standard InChI is InChI=1S/C40H72N7O17P3S/c1-5-28(2)18-16-14-12-10-8-6-7-9-11-13-15-17-19-31(49)68-23-22-42-30(48)20-21-43-38(52)35(51)40(3,4)25-61-67(58,59)64-66(56,57)60-24-29-34(63-65(53,54)55)33(50)39(62-29)47-27-46-32-36(41)44-26-45-37(32)47/h26-29,33-35,39,50-51H,5-25H2,1-4H3,(H,42,48)(H,43,52)(H,56,57)(H,58,59)(H2,41,44,45)(H2,53,54,55)/t28?,29-,33-,34-,35+,39-/m1/s1. The van der Waals surface area contributed by atoms with Crippen LogP contribution in [0.2, 0.25) is 0 Å². The first-order valence-electron chi connectivity index (χ1n) is 23.0. The first-order chi connectivity index (χ1) is 31.9. The molecule has 1 aliphatic heterocycles. The molecule has 390 valence electrons. The Labute approximate surface area is 401 Å². The minimum absolute atomic E-state index is 0.0339. The second kappa shape index (κ2) is 29.2. The van der Waals surface area contributed by atoms with Gasteiger partial charge in [0, 0.05) is 37.1 Å². The summed E-state index contributed by atoms with van der Waals surface area (Å²) < 4.78 is 62.5. The Balaban J connectivity index is 1.29. The molecule has 28 heteroatoms. The topological polar surface area (TPSA) is 364 Å².